The molecule has 0 bridgehead atoms. The van der Waals surface area contributed by atoms with Crippen LogP contribution in [0.5, 0.6) is 0 Å². The predicted octanol–water partition coefficient (Wildman–Crippen LogP) is 2.91. The number of pyridine rings is 1. The number of hydrogen-bond donors (Lipinski definition) is 0. The normalized spacial score (nSPS) is 19.0. The fourth-order valence-corrected chi connectivity index (χ4v) is 4.54. The van der Waals surface area contributed by atoms with Crippen molar-refractivity contribution in [3.8, 4) is 0 Å². The molecule has 2 aromatic carbocycles. The van der Waals surface area contributed by atoms with Crippen molar-refractivity contribution in [1.29, 1.82) is 0 Å². The molecule has 0 aliphatic carbocycles. The van der Waals surface area contributed by atoms with Gasteiger partial charge in [0.1, 0.15) is 5.82 Å². The van der Waals surface area contributed by atoms with Crippen molar-refractivity contribution in [2.75, 3.05) is 36.0 Å². The number of imide groups is 1. The summed E-state index contributed by atoms with van der Waals surface area (Å²) >= 11 is 0. The molecule has 3 aromatic rings. The quantitative estimate of drug-likeness (QED) is 0.433. The van der Waals surface area contributed by atoms with Gasteiger partial charge >= 0.3 is 0 Å². The average Bonchev–Trinajstić information content (AvgIpc) is 3.18. The van der Waals surface area contributed by atoms with Crippen molar-refractivity contribution in [3.05, 3.63) is 90.0 Å². The zero-order valence-electron chi connectivity index (χ0n) is 18.4. The van der Waals surface area contributed by atoms with Gasteiger partial charge in [0.2, 0.25) is 5.91 Å². The number of rotatable bonds is 5. The van der Waals surface area contributed by atoms with Crippen molar-refractivity contribution in [2.45, 2.75) is 12.5 Å². The van der Waals surface area contributed by atoms with E-state index in [1.54, 1.807) is 24.5 Å². The maximum atomic E-state index is 13.2. The van der Waals surface area contributed by atoms with E-state index in [0.29, 0.717) is 43.0 Å². The van der Waals surface area contributed by atoms with Gasteiger partial charge in [0, 0.05) is 55.4 Å². The van der Waals surface area contributed by atoms with E-state index in [1.165, 1.54) is 24.3 Å². The van der Waals surface area contributed by atoms with Gasteiger partial charge in [0.15, 0.2) is 5.78 Å². The number of piperazine rings is 1. The number of anilines is 2. The van der Waals surface area contributed by atoms with Gasteiger partial charge in [0.25, 0.3) is 5.91 Å². The Morgan fingerprint density at radius 3 is 2.18 bits per heavy atom. The van der Waals surface area contributed by atoms with Crippen LogP contribution in [0.2, 0.25) is 0 Å². The Morgan fingerprint density at radius 1 is 0.853 bits per heavy atom. The maximum Gasteiger partial charge on any atom is 0.251 e. The number of benzene rings is 2. The van der Waals surface area contributed by atoms with E-state index in [1.807, 2.05) is 29.2 Å². The molecule has 5 rings (SSSR count). The summed E-state index contributed by atoms with van der Waals surface area (Å²) < 4.78 is 13.2. The molecule has 0 saturated carbocycles. The molecule has 0 N–H and O–H groups in total. The second kappa shape index (κ2) is 9.15. The summed E-state index contributed by atoms with van der Waals surface area (Å²) in [5.41, 5.74) is 2.56. The van der Waals surface area contributed by atoms with Gasteiger partial charge < -0.3 is 4.90 Å². The Bertz CT molecular complexity index is 1210. The smallest absolute Gasteiger partial charge is 0.251 e. The van der Waals surface area contributed by atoms with Crippen molar-refractivity contribution >= 4 is 29.0 Å². The highest BCUT2D eigenvalue weighted by Crippen LogP contribution is 2.27. The number of carbonyl (C=O) groups is 3. The number of ketones is 1. The molecule has 2 aliphatic rings. The molecule has 0 radical (unpaired) electrons. The molecule has 0 spiro atoms. The Morgan fingerprint density at radius 2 is 1.53 bits per heavy atom. The molecule has 2 fully saturated rings. The molecular weight excluding hydrogens is 435 g/mol. The monoisotopic (exact) mass is 458 g/mol. The van der Waals surface area contributed by atoms with E-state index in [9.17, 15) is 18.8 Å². The fraction of sp³-hybridized carbons (Fsp3) is 0.231. The van der Waals surface area contributed by atoms with Crippen molar-refractivity contribution in [2.24, 2.45) is 0 Å². The predicted molar refractivity (Wildman–Crippen MR) is 125 cm³/mol. The number of nitrogens with zero attached hydrogens (tertiary/aromatic N) is 4. The van der Waals surface area contributed by atoms with E-state index in [4.69, 9.17) is 0 Å². The molecule has 1 aromatic heterocycles. The van der Waals surface area contributed by atoms with Crippen LogP contribution in [-0.4, -0.2) is 59.7 Å². The van der Waals surface area contributed by atoms with Crippen molar-refractivity contribution in [1.82, 2.24) is 9.88 Å². The van der Waals surface area contributed by atoms with Gasteiger partial charge in [0.05, 0.1) is 18.2 Å². The topological polar surface area (TPSA) is 73.8 Å². The maximum absolute atomic E-state index is 13.2. The number of halogens is 1. The highest BCUT2D eigenvalue weighted by atomic mass is 19.1. The van der Waals surface area contributed by atoms with E-state index in [-0.39, 0.29) is 24.0 Å². The summed E-state index contributed by atoms with van der Waals surface area (Å²) in [7, 11) is 0. The molecule has 7 nitrogen and oxygen atoms in total. The Balaban J connectivity index is 1.21. The molecule has 2 amide bonds. The van der Waals surface area contributed by atoms with Crippen LogP contribution < -0.4 is 9.80 Å². The molecule has 3 heterocycles. The van der Waals surface area contributed by atoms with E-state index < -0.39 is 11.9 Å². The summed E-state index contributed by atoms with van der Waals surface area (Å²) in [6, 6.07) is 15.9. The molecular formula is C26H23FN4O3. The van der Waals surface area contributed by atoms with Gasteiger partial charge in [-0.1, -0.05) is 0 Å². The van der Waals surface area contributed by atoms with Crippen LogP contribution in [0.1, 0.15) is 22.3 Å². The summed E-state index contributed by atoms with van der Waals surface area (Å²) in [5.74, 6) is -1.01. The van der Waals surface area contributed by atoms with Crippen LogP contribution in [0, 0.1) is 5.82 Å². The number of aromatic nitrogens is 1. The third-order valence-corrected chi connectivity index (χ3v) is 6.38. The second-order valence-electron chi connectivity index (χ2n) is 8.40. The fourth-order valence-electron chi connectivity index (χ4n) is 4.54. The van der Waals surface area contributed by atoms with E-state index >= 15 is 0 Å². The number of hydrogen-bond acceptors (Lipinski definition) is 6. The van der Waals surface area contributed by atoms with Crippen LogP contribution in [0.25, 0.3) is 0 Å². The van der Waals surface area contributed by atoms with Crippen LogP contribution in [-0.2, 0) is 9.59 Å². The molecule has 8 heteroatoms. The van der Waals surface area contributed by atoms with Gasteiger partial charge in [-0.25, -0.2) is 9.29 Å². The minimum atomic E-state index is -0.501. The average molecular weight is 458 g/mol. The largest absolute Gasteiger partial charge is 0.369 e. The number of amides is 2. The Labute approximate surface area is 196 Å². The zero-order chi connectivity index (χ0) is 23.7. The highest BCUT2D eigenvalue weighted by molar-refractivity contribution is 6.22. The lowest BCUT2D eigenvalue weighted by Crippen LogP contribution is -2.52. The zero-order valence-corrected chi connectivity index (χ0v) is 18.4. The minimum absolute atomic E-state index is 0.0698. The van der Waals surface area contributed by atoms with Crippen LogP contribution in [0.15, 0.2) is 73.1 Å². The molecule has 34 heavy (non-hydrogen) atoms. The minimum Gasteiger partial charge on any atom is -0.369 e. The van der Waals surface area contributed by atoms with Gasteiger partial charge in [-0.05, 0) is 60.7 Å². The van der Waals surface area contributed by atoms with Crippen molar-refractivity contribution < 1.29 is 18.8 Å². The van der Waals surface area contributed by atoms with Crippen LogP contribution >= 0.6 is 0 Å². The standard InChI is InChI=1S/C26H23FN4O3/c27-20-5-9-22(10-6-20)31-24(32)16-23(26(31)34)30-14-12-29(13-15-30)21-7-3-18(4-8-21)25(33)19-2-1-11-28-17-19/h1-11,17,23H,12-16H2/t23-/m0/s1. The van der Waals surface area contributed by atoms with Crippen LogP contribution in [0.3, 0.4) is 0 Å². The summed E-state index contributed by atoms with van der Waals surface area (Å²) in [4.78, 5) is 47.5. The third kappa shape index (κ3) is 4.20. The lowest BCUT2D eigenvalue weighted by atomic mass is 10.0. The lowest BCUT2D eigenvalue weighted by molar-refractivity contribution is -0.123. The first-order valence-electron chi connectivity index (χ1n) is 11.2. The van der Waals surface area contributed by atoms with Crippen LogP contribution in [0.4, 0.5) is 15.8 Å². The third-order valence-electron chi connectivity index (χ3n) is 6.38. The summed E-state index contributed by atoms with van der Waals surface area (Å²) in [6.07, 6.45) is 3.32. The van der Waals surface area contributed by atoms with E-state index in [2.05, 4.69) is 9.88 Å². The molecule has 172 valence electrons. The highest BCUT2D eigenvalue weighted by Gasteiger charge is 2.43. The van der Waals surface area contributed by atoms with Gasteiger partial charge in [-0.3, -0.25) is 24.3 Å². The Kier molecular flexibility index (Phi) is 5.90. The second-order valence-corrected chi connectivity index (χ2v) is 8.40. The summed E-state index contributed by atoms with van der Waals surface area (Å²) in [5, 5.41) is 0. The first-order chi connectivity index (χ1) is 16.5. The van der Waals surface area contributed by atoms with E-state index in [0.717, 1.165) is 10.6 Å². The summed E-state index contributed by atoms with van der Waals surface area (Å²) in [6.45, 7) is 2.67. The first-order valence-corrected chi connectivity index (χ1v) is 11.2. The molecule has 2 aliphatic heterocycles. The molecule has 0 unspecified atom stereocenters. The van der Waals surface area contributed by atoms with Crippen molar-refractivity contribution in [3.63, 3.8) is 0 Å². The Hall–Kier alpha value is -3.91. The van der Waals surface area contributed by atoms with Gasteiger partial charge in [-0.15, -0.1) is 0 Å². The number of carbonyl (C=O) groups excluding carboxylic acids is 3. The lowest BCUT2D eigenvalue weighted by Gasteiger charge is -2.38. The SMILES string of the molecule is O=C(c1ccc(N2CCN([C@H]3CC(=O)N(c4ccc(F)cc4)C3=O)CC2)cc1)c1cccnc1. The molecule has 2 saturated heterocycles. The van der Waals surface area contributed by atoms with Gasteiger partial charge in [-0.2, -0.15) is 0 Å². The molecule has 1 atom stereocenters. The first kappa shape index (κ1) is 21.9.